The number of aryl methyl sites for hydroxylation is 1. The molecule has 0 aliphatic carbocycles. The molecule has 0 spiro atoms. The Bertz CT molecular complexity index is 484. The molecule has 0 amide bonds. The molecule has 2 heterocycles. The van der Waals surface area contributed by atoms with Crippen LogP contribution >= 0.6 is 0 Å². The van der Waals surface area contributed by atoms with Gasteiger partial charge in [0.1, 0.15) is 0 Å². The number of halogens is 3. The molecule has 0 unspecified atom stereocenters. The number of hydrogen-bond acceptors (Lipinski definition) is 2. The number of benzene rings is 1. The highest BCUT2D eigenvalue weighted by molar-refractivity contribution is 5.44. The summed E-state index contributed by atoms with van der Waals surface area (Å²) in [6.07, 6.45) is -4.29. The first-order chi connectivity index (χ1) is 8.47. The first kappa shape index (κ1) is 12.0. The standard InChI is InChI=1S/C13H14F3NO/c1-7-2-8-9-4-17-5-12(9)18-6-10(8)11(3-7)13(14,15)16/h2-3,9,12,17H,4-6H2,1H3/t9-,12-/m1/s1. The van der Waals surface area contributed by atoms with Crippen LogP contribution in [-0.2, 0) is 17.5 Å². The van der Waals surface area contributed by atoms with Gasteiger partial charge in [0.05, 0.1) is 18.3 Å². The van der Waals surface area contributed by atoms with E-state index in [0.717, 1.165) is 12.1 Å². The summed E-state index contributed by atoms with van der Waals surface area (Å²) in [4.78, 5) is 0. The Morgan fingerprint density at radius 2 is 2.06 bits per heavy atom. The number of nitrogens with one attached hydrogen (secondary N) is 1. The Labute approximate surface area is 103 Å². The minimum atomic E-state index is -4.31. The fraction of sp³-hybridized carbons (Fsp3) is 0.538. The van der Waals surface area contributed by atoms with Crippen molar-refractivity contribution in [2.24, 2.45) is 0 Å². The van der Waals surface area contributed by atoms with Gasteiger partial charge in [0.2, 0.25) is 0 Å². The lowest BCUT2D eigenvalue weighted by Gasteiger charge is -2.30. The van der Waals surface area contributed by atoms with Gasteiger partial charge >= 0.3 is 6.18 Å². The van der Waals surface area contributed by atoms with Gasteiger partial charge in [0, 0.05) is 19.0 Å². The molecule has 2 atom stereocenters. The maximum Gasteiger partial charge on any atom is 0.416 e. The maximum atomic E-state index is 13.0. The van der Waals surface area contributed by atoms with Crippen molar-refractivity contribution in [1.82, 2.24) is 5.32 Å². The molecule has 5 heteroatoms. The molecule has 2 aliphatic rings. The van der Waals surface area contributed by atoms with Gasteiger partial charge in [-0.25, -0.2) is 0 Å². The van der Waals surface area contributed by atoms with E-state index in [2.05, 4.69) is 5.32 Å². The van der Waals surface area contributed by atoms with E-state index in [1.54, 1.807) is 6.92 Å². The highest BCUT2D eigenvalue weighted by Crippen LogP contribution is 2.41. The molecule has 0 saturated carbocycles. The van der Waals surface area contributed by atoms with Gasteiger partial charge in [-0.3, -0.25) is 0 Å². The van der Waals surface area contributed by atoms with Gasteiger partial charge in [-0.15, -0.1) is 0 Å². The second-order valence-corrected chi connectivity index (χ2v) is 4.99. The van der Waals surface area contributed by atoms with Crippen LogP contribution in [0.1, 0.15) is 28.2 Å². The zero-order valence-corrected chi connectivity index (χ0v) is 9.97. The molecule has 18 heavy (non-hydrogen) atoms. The molecule has 1 N–H and O–H groups in total. The largest absolute Gasteiger partial charge is 0.416 e. The van der Waals surface area contributed by atoms with E-state index in [4.69, 9.17) is 4.74 Å². The number of ether oxygens (including phenoxy) is 1. The Morgan fingerprint density at radius 3 is 2.78 bits per heavy atom. The van der Waals surface area contributed by atoms with E-state index in [-0.39, 0.29) is 18.6 Å². The van der Waals surface area contributed by atoms with Crippen LogP contribution in [0.5, 0.6) is 0 Å². The normalized spacial score (nSPS) is 26.9. The van der Waals surface area contributed by atoms with Crippen LogP contribution in [-0.4, -0.2) is 19.2 Å². The van der Waals surface area contributed by atoms with Crippen LogP contribution < -0.4 is 5.32 Å². The SMILES string of the molecule is Cc1cc2c(c(C(F)(F)F)c1)CO[C@@H]1CNC[C@H]21. The van der Waals surface area contributed by atoms with Crippen molar-refractivity contribution >= 4 is 0 Å². The summed E-state index contributed by atoms with van der Waals surface area (Å²) in [6, 6.07) is 3.09. The van der Waals surface area contributed by atoms with Crippen molar-refractivity contribution in [3.05, 3.63) is 34.4 Å². The van der Waals surface area contributed by atoms with Gasteiger partial charge in [0.25, 0.3) is 0 Å². The zero-order chi connectivity index (χ0) is 12.9. The predicted octanol–water partition coefficient (Wildman–Crippen LogP) is 2.60. The van der Waals surface area contributed by atoms with Crippen LogP contribution in [0.4, 0.5) is 13.2 Å². The number of hydrogen-bond donors (Lipinski definition) is 1. The molecule has 1 fully saturated rings. The molecular formula is C13H14F3NO. The van der Waals surface area contributed by atoms with Gasteiger partial charge in [0.15, 0.2) is 0 Å². The van der Waals surface area contributed by atoms with Crippen molar-refractivity contribution in [3.8, 4) is 0 Å². The van der Waals surface area contributed by atoms with Crippen molar-refractivity contribution in [3.63, 3.8) is 0 Å². The summed E-state index contributed by atoms with van der Waals surface area (Å²) in [5, 5.41) is 3.18. The second-order valence-electron chi connectivity index (χ2n) is 4.99. The van der Waals surface area contributed by atoms with Crippen LogP contribution in [0.15, 0.2) is 12.1 Å². The molecule has 0 radical (unpaired) electrons. The lowest BCUT2D eigenvalue weighted by molar-refractivity contribution is -0.139. The van der Waals surface area contributed by atoms with Crippen molar-refractivity contribution in [1.29, 1.82) is 0 Å². The van der Waals surface area contributed by atoms with E-state index in [9.17, 15) is 13.2 Å². The van der Waals surface area contributed by atoms with Crippen LogP contribution in [0.25, 0.3) is 0 Å². The van der Waals surface area contributed by atoms with Crippen LogP contribution in [0, 0.1) is 6.92 Å². The molecule has 3 rings (SSSR count). The Balaban J connectivity index is 2.15. The highest BCUT2D eigenvalue weighted by Gasteiger charge is 2.40. The first-order valence-electron chi connectivity index (χ1n) is 6.00. The van der Waals surface area contributed by atoms with E-state index < -0.39 is 11.7 Å². The average Bonchev–Trinajstić information content (AvgIpc) is 2.74. The smallest absolute Gasteiger partial charge is 0.372 e. The van der Waals surface area contributed by atoms with E-state index in [1.807, 2.05) is 6.07 Å². The van der Waals surface area contributed by atoms with Crippen molar-refractivity contribution < 1.29 is 17.9 Å². The van der Waals surface area contributed by atoms with Crippen molar-refractivity contribution in [2.75, 3.05) is 13.1 Å². The van der Waals surface area contributed by atoms with Gasteiger partial charge < -0.3 is 10.1 Å². The minimum absolute atomic E-state index is 0.0142. The molecule has 2 aliphatic heterocycles. The van der Waals surface area contributed by atoms with Gasteiger partial charge in [-0.2, -0.15) is 13.2 Å². The van der Waals surface area contributed by atoms with Crippen LogP contribution in [0.3, 0.4) is 0 Å². The zero-order valence-electron chi connectivity index (χ0n) is 9.97. The van der Waals surface area contributed by atoms with E-state index in [1.165, 1.54) is 6.07 Å². The minimum Gasteiger partial charge on any atom is -0.372 e. The van der Waals surface area contributed by atoms with Crippen LogP contribution in [0.2, 0.25) is 0 Å². The molecule has 1 aromatic rings. The fourth-order valence-corrected chi connectivity index (χ4v) is 2.92. The summed E-state index contributed by atoms with van der Waals surface area (Å²) < 4.78 is 44.6. The summed E-state index contributed by atoms with van der Waals surface area (Å²) in [7, 11) is 0. The Morgan fingerprint density at radius 1 is 1.28 bits per heavy atom. The topological polar surface area (TPSA) is 21.3 Å². The average molecular weight is 257 g/mol. The first-order valence-corrected chi connectivity index (χ1v) is 6.00. The molecule has 98 valence electrons. The molecule has 1 aromatic carbocycles. The lowest BCUT2D eigenvalue weighted by atomic mass is 9.85. The molecular weight excluding hydrogens is 243 g/mol. The summed E-state index contributed by atoms with van der Waals surface area (Å²) >= 11 is 0. The van der Waals surface area contributed by atoms with Gasteiger partial charge in [-0.1, -0.05) is 11.6 Å². The Kier molecular flexibility index (Phi) is 2.64. The number of rotatable bonds is 0. The second kappa shape index (κ2) is 3.96. The summed E-state index contributed by atoms with van der Waals surface area (Å²) in [5.74, 6) is 0.0507. The fourth-order valence-electron chi connectivity index (χ4n) is 2.92. The number of alkyl halides is 3. The monoisotopic (exact) mass is 257 g/mol. The highest BCUT2D eigenvalue weighted by atomic mass is 19.4. The third kappa shape index (κ3) is 1.82. The molecule has 0 bridgehead atoms. The molecule has 2 nitrogen and oxygen atoms in total. The molecule has 0 aromatic heterocycles. The van der Waals surface area contributed by atoms with E-state index in [0.29, 0.717) is 17.7 Å². The van der Waals surface area contributed by atoms with E-state index >= 15 is 0 Å². The third-order valence-electron chi connectivity index (χ3n) is 3.73. The summed E-state index contributed by atoms with van der Waals surface area (Å²) in [5.41, 5.74) is 1.25. The van der Waals surface area contributed by atoms with Gasteiger partial charge in [-0.05, 0) is 24.1 Å². The maximum absolute atomic E-state index is 13.0. The number of fused-ring (bicyclic) bond motifs is 3. The predicted molar refractivity (Wildman–Crippen MR) is 60.4 cm³/mol. The third-order valence-corrected chi connectivity index (χ3v) is 3.73. The lowest BCUT2D eigenvalue weighted by Crippen LogP contribution is -2.29. The summed E-state index contributed by atoms with van der Waals surface area (Å²) in [6.45, 7) is 3.19. The quantitative estimate of drug-likeness (QED) is 0.771. The molecule has 1 saturated heterocycles. The Hall–Kier alpha value is -1.07. The van der Waals surface area contributed by atoms with Crippen molar-refractivity contribution in [2.45, 2.75) is 31.7 Å².